The van der Waals surface area contributed by atoms with Crippen LogP contribution in [-0.2, 0) is 9.59 Å². The van der Waals surface area contributed by atoms with Crippen LogP contribution in [0.3, 0.4) is 0 Å². The SMILES string of the molecule is CCN(CC)C(=O)C1CCN(CC(=O)NC(c2ccccc2)c2nccs2)CC1. The zero-order chi connectivity index (χ0) is 20.6. The second kappa shape index (κ2) is 10.5. The Morgan fingerprint density at radius 2 is 1.90 bits per heavy atom. The van der Waals surface area contributed by atoms with E-state index in [4.69, 9.17) is 0 Å². The molecule has 0 spiro atoms. The van der Waals surface area contributed by atoms with Gasteiger partial charge < -0.3 is 10.2 Å². The number of rotatable bonds is 8. The Bertz CT molecular complexity index is 769. The van der Waals surface area contributed by atoms with Crippen LogP contribution in [-0.4, -0.2) is 59.3 Å². The second-order valence-electron chi connectivity index (χ2n) is 7.34. The van der Waals surface area contributed by atoms with Gasteiger partial charge in [-0.2, -0.15) is 0 Å². The van der Waals surface area contributed by atoms with E-state index in [0.717, 1.165) is 49.6 Å². The molecule has 1 aliphatic rings. The number of piperidine rings is 1. The van der Waals surface area contributed by atoms with Gasteiger partial charge >= 0.3 is 0 Å². The zero-order valence-electron chi connectivity index (χ0n) is 17.2. The molecule has 0 aliphatic carbocycles. The van der Waals surface area contributed by atoms with Gasteiger partial charge in [0.25, 0.3) is 0 Å². The van der Waals surface area contributed by atoms with Crippen LogP contribution >= 0.6 is 11.3 Å². The molecule has 2 heterocycles. The van der Waals surface area contributed by atoms with Crippen LogP contribution in [0.1, 0.15) is 43.3 Å². The summed E-state index contributed by atoms with van der Waals surface area (Å²) in [5, 5.41) is 5.95. The predicted molar refractivity (Wildman–Crippen MR) is 116 cm³/mol. The fourth-order valence-corrected chi connectivity index (χ4v) is 4.57. The maximum atomic E-state index is 12.8. The summed E-state index contributed by atoms with van der Waals surface area (Å²) in [7, 11) is 0. The van der Waals surface area contributed by atoms with Crippen molar-refractivity contribution in [1.82, 2.24) is 20.1 Å². The van der Waals surface area contributed by atoms with Gasteiger partial charge in [-0.3, -0.25) is 14.5 Å². The number of nitrogens with zero attached hydrogens (tertiary/aromatic N) is 3. The van der Waals surface area contributed by atoms with Crippen molar-refractivity contribution in [2.45, 2.75) is 32.7 Å². The zero-order valence-corrected chi connectivity index (χ0v) is 18.0. The van der Waals surface area contributed by atoms with Gasteiger partial charge in [-0.1, -0.05) is 30.3 Å². The summed E-state index contributed by atoms with van der Waals surface area (Å²) in [6.07, 6.45) is 3.40. The van der Waals surface area contributed by atoms with Crippen molar-refractivity contribution in [1.29, 1.82) is 0 Å². The topological polar surface area (TPSA) is 65.5 Å². The molecule has 2 aromatic rings. The lowest BCUT2D eigenvalue weighted by molar-refractivity contribution is -0.136. The minimum absolute atomic E-state index is 0.0115. The third-order valence-corrected chi connectivity index (χ3v) is 6.36. The van der Waals surface area contributed by atoms with Gasteiger partial charge in [-0.05, 0) is 45.3 Å². The summed E-state index contributed by atoms with van der Waals surface area (Å²) in [6, 6.07) is 9.70. The number of nitrogens with one attached hydrogen (secondary N) is 1. The number of aromatic nitrogens is 1. The summed E-state index contributed by atoms with van der Waals surface area (Å²) >= 11 is 1.54. The third-order valence-electron chi connectivity index (χ3n) is 5.52. The number of benzene rings is 1. The highest BCUT2D eigenvalue weighted by Gasteiger charge is 2.28. The van der Waals surface area contributed by atoms with Crippen molar-refractivity contribution in [3.05, 3.63) is 52.5 Å². The van der Waals surface area contributed by atoms with Crippen molar-refractivity contribution in [2.75, 3.05) is 32.7 Å². The Kier molecular flexibility index (Phi) is 7.77. The monoisotopic (exact) mass is 414 g/mol. The summed E-state index contributed by atoms with van der Waals surface area (Å²) in [5.74, 6) is 0.330. The number of amides is 2. The number of thiazole rings is 1. The van der Waals surface area contributed by atoms with Crippen LogP contribution in [0.4, 0.5) is 0 Å². The van der Waals surface area contributed by atoms with Crippen molar-refractivity contribution >= 4 is 23.2 Å². The van der Waals surface area contributed by atoms with E-state index in [1.807, 2.05) is 54.5 Å². The molecule has 0 bridgehead atoms. The first-order chi connectivity index (χ1) is 14.1. The quantitative estimate of drug-likeness (QED) is 0.721. The van der Waals surface area contributed by atoms with Gasteiger partial charge in [-0.15, -0.1) is 11.3 Å². The van der Waals surface area contributed by atoms with E-state index in [9.17, 15) is 9.59 Å². The molecular weight excluding hydrogens is 384 g/mol. The second-order valence-corrected chi connectivity index (χ2v) is 8.27. The van der Waals surface area contributed by atoms with Crippen LogP contribution in [0.15, 0.2) is 41.9 Å². The van der Waals surface area contributed by atoms with E-state index >= 15 is 0 Å². The number of carbonyl (C=O) groups excluding carboxylic acids is 2. The fourth-order valence-electron chi connectivity index (χ4n) is 3.85. The largest absolute Gasteiger partial charge is 0.343 e. The van der Waals surface area contributed by atoms with Crippen LogP contribution in [0.25, 0.3) is 0 Å². The average molecular weight is 415 g/mol. The van der Waals surface area contributed by atoms with Gasteiger partial charge in [0.1, 0.15) is 11.0 Å². The molecule has 1 unspecified atom stereocenters. The van der Waals surface area contributed by atoms with Gasteiger partial charge in [0, 0.05) is 30.6 Å². The molecule has 29 heavy (non-hydrogen) atoms. The molecule has 1 N–H and O–H groups in total. The van der Waals surface area contributed by atoms with E-state index in [0.29, 0.717) is 6.54 Å². The van der Waals surface area contributed by atoms with Crippen LogP contribution < -0.4 is 5.32 Å². The summed E-state index contributed by atoms with van der Waals surface area (Å²) in [6.45, 7) is 7.46. The minimum atomic E-state index is -0.231. The molecule has 1 saturated heterocycles. The van der Waals surface area contributed by atoms with E-state index in [1.165, 1.54) is 0 Å². The fraction of sp³-hybridized carbons (Fsp3) is 0.500. The van der Waals surface area contributed by atoms with Crippen molar-refractivity contribution < 1.29 is 9.59 Å². The van der Waals surface area contributed by atoms with Crippen molar-refractivity contribution in [2.24, 2.45) is 5.92 Å². The first-order valence-electron chi connectivity index (χ1n) is 10.4. The first-order valence-corrected chi connectivity index (χ1v) is 11.2. The maximum absolute atomic E-state index is 12.8. The van der Waals surface area contributed by atoms with E-state index in [2.05, 4.69) is 15.2 Å². The predicted octanol–water partition coefficient (Wildman–Crippen LogP) is 2.93. The Morgan fingerprint density at radius 3 is 2.48 bits per heavy atom. The molecule has 0 radical (unpaired) electrons. The highest BCUT2D eigenvalue weighted by Crippen LogP contribution is 2.24. The smallest absolute Gasteiger partial charge is 0.235 e. The summed E-state index contributed by atoms with van der Waals surface area (Å²) in [4.78, 5) is 33.8. The molecular formula is C22H30N4O2S. The average Bonchev–Trinajstić information content (AvgIpc) is 3.28. The van der Waals surface area contributed by atoms with E-state index in [-0.39, 0.29) is 23.8 Å². The summed E-state index contributed by atoms with van der Waals surface area (Å²) in [5.41, 5.74) is 1.03. The molecule has 3 rings (SSSR count). The third kappa shape index (κ3) is 5.64. The highest BCUT2D eigenvalue weighted by molar-refractivity contribution is 7.09. The standard InChI is InChI=1S/C22H30N4O2S/c1-3-26(4-2)22(28)18-10-13-25(14-11-18)16-19(27)24-20(21-23-12-15-29-21)17-8-6-5-7-9-17/h5-9,12,15,18,20H,3-4,10-11,13-14,16H2,1-2H3,(H,24,27). The van der Waals surface area contributed by atoms with Crippen LogP contribution in [0, 0.1) is 5.92 Å². The first kappa shape index (κ1) is 21.5. The normalized spacial score (nSPS) is 16.3. The number of likely N-dealkylation sites (tertiary alicyclic amines) is 1. The molecule has 156 valence electrons. The molecule has 6 nitrogen and oxygen atoms in total. The Labute approximate surface area is 176 Å². The maximum Gasteiger partial charge on any atom is 0.235 e. The molecule has 1 aromatic heterocycles. The van der Waals surface area contributed by atoms with Gasteiger partial charge in [-0.25, -0.2) is 4.98 Å². The lowest BCUT2D eigenvalue weighted by Crippen LogP contribution is -2.46. The number of hydrogen-bond acceptors (Lipinski definition) is 5. The Morgan fingerprint density at radius 1 is 1.21 bits per heavy atom. The lowest BCUT2D eigenvalue weighted by atomic mass is 9.95. The molecule has 7 heteroatoms. The lowest BCUT2D eigenvalue weighted by Gasteiger charge is -2.33. The molecule has 2 amide bonds. The molecule has 1 aromatic carbocycles. The van der Waals surface area contributed by atoms with Gasteiger partial charge in [0.05, 0.1) is 6.54 Å². The van der Waals surface area contributed by atoms with E-state index < -0.39 is 0 Å². The molecule has 1 aliphatic heterocycles. The Balaban J connectivity index is 1.55. The van der Waals surface area contributed by atoms with Gasteiger partial charge in [0.2, 0.25) is 11.8 Å². The van der Waals surface area contributed by atoms with Crippen molar-refractivity contribution in [3.8, 4) is 0 Å². The van der Waals surface area contributed by atoms with Gasteiger partial charge in [0.15, 0.2) is 0 Å². The number of carbonyl (C=O) groups is 2. The summed E-state index contributed by atoms with van der Waals surface area (Å²) < 4.78 is 0. The van der Waals surface area contributed by atoms with E-state index in [1.54, 1.807) is 17.5 Å². The molecule has 0 saturated carbocycles. The minimum Gasteiger partial charge on any atom is -0.343 e. The van der Waals surface area contributed by atoms with Crippen LogP contribution in [0.5, 0.6) is 0 Å². The number of hydrogen-bond donors (Lipinski definition) is 1. The van der Waals surface area contributed by atoms with Crippen molar-refractivity contribution in [3.63, 3.8) is 0 Å². The highest BCUT2D eigenvalue weighted by atomic mass is 32.1. The van der Waals surface area contributed by atoms with Crippen LogP contribution in [0.2, 0.25) is 0 Å². The Hall–Kier alpha value is -2.25. The molecule has 1 atom stereocenters. The molecule has 1 fully saturated rings.